The van der Waals surface area contributed by atoms with Crippen molar-refractivity contribution in [2.24, 2.45) is 0 Å². The van der Waals surface area contributed by atoms with E-state index in [1.165, 1.54) is 12.1 Å². The van der Waals surface area contributed by atoms with E-state index < -0.39 is 24.1 Å². The number of carboxylic acid groups (broad SMARTS) is 1. The van der Waals surface area contributed by atoms with E-state index in [2.05, 4.69) is 28.2 Å². The Hall–Kier alpha value is -3.43. The molecule has 2 aromatic rings. The summed E-state index contributed by atoms with van der Waals surface area (Å²) >= 11 is 0. The molecule has 26 heavy (non-hydrogen) atoms. The molecule has 0 aromatic heterocycles. The Morgan fingerprint density at radius 2 is 1.96 bits per heavy atom. The summed E-state index contributed by atoms with van der Waals surface area (Å²) in [7, 11) is 0. The molecule has 1 heterocycles. The summed E-state index contributed by atoms with van der Waals surface area (Å²) in [5, 5.41) is 17.9. The van der Waals surface area contributed by atoms with Crippen molar-refractivity contribution in [3.63, 3.8) is 0 Å². The van der Waals surface area contributed by atoms with Crippen LogP contribution in [0.15, 0.2) is 42.5 Å². The quantitative estimate of drug-likeness (QED) is 0.607. The van der Waals surface area contributed by atoms with Crippen molar-refractivity contribution in [3.8, 4) is 23.7 Å². The highest BCUT2D eigenvalue weighted by molar-refractivity contribution is 5.74. The lowest BCUT2D eigenvalue weighted by Gasteiger charge is -2.16. The molecule has 8 heteroatoms. The molecule has 1 aliphatic rings. The molecule has 3 rings (SSSR count). The zero-order valence-corrected chi connectivity index (χ0v) is 13.3. The lowest BCUT2D eigenvalue weighted by molar-refractivity contribution is -0.141. The normalized spacial score (nSPS) is 18.5. The highest BCUT2D eigenvalue weighted by atomic mass is 19.1. The number of nitrogens with one attached hydrogen (secondary N) is 3. The zero-order valence-electron chi connectivity index (χ0n) is 13.3. The van der Waals surface area contributed by atoms with Gasteiger partial charge in [-0.15, -0.1) is 0 Å². The summed E-state index contributed by atoms with van der Waals surface area (Å²) in [6, 6.07) is 11.8. The standard InChI is InChI=1S/C18H13FN4O3/c19-15-9-14(26-17-16(18(24)25)21-23-22-17)7-6-13(15)5-4-11-2-1-3-12(8-11)10-20/h1-3,6-9,16-17,21-23H,(H,24,25). The summed E-state index contributed by atoms with van der Waals surface area (Å²) in [6.07, 6.45) is -0.905. The van der Waals surface area contributed by atoms with Crippen LogP contribution in [0.2, 0.25) is 0 Å². The van der Waals surface area contributed by atoms with Crippen molar-refractivity contribution in [1.29, 1.82) is 5.26 Å². The minimum Gasteiger partial charge on any atom is -0.480 e. The molecule has 4 N–H and O–H groups in total. The van der Waals surface area contributed by atoms with Crippen LogP contribution in [0.25, 0.3) is 0 Å². The lowest BCUT2D eigenvalue weighted by atomic mass is 10.1. The van der Waals surface area contributed by atoms with Gasteiger partial charge in [0.05, 0.1) is 17.2 Å². The number of benzene rings is 2. The number of hydrazine groups is 2. The monoisotopic (exact) mass is 352 g/mol. The van der Waals surface area contributed by atoms with Gasteiger partial charge in [-0.25, -0.2) is 15.2 Å². The molecule has 1 aliphatic heterocycles. The van der Waals surface area contributed by atoms with Gasteiger partial charge in [-0.1, -0.05) is 17.9 Å². The van der Waals surface area contributed by atoms with E-state index in [0.717, 1.165) is 6.07 Å². The fraction of sp³-hybridized carbons (Fsp3) is 0.111. The Bertz CT molecular complexity index is 945. The number of carboxylic acids is 1. The van der Waals surface area contributed by atoms with Gasteiger partial charge in [0, 0.05) is 11.6 Å². The van der Waals surface area contributed by atoms with Crippen molar-refractivity contribution in [1.82, 2.24) is 16.4 Å². The van der Waals surface area contributed by atoms with E-state index in [9.17, 15) is 9.18 Å². The summed E-state index contributed by atoms with van der Waals surface area (Å²) in [5.41, 5.74) is 8.74. The number of ether oxygens (including phenoxy) is 1. The summed E-state index contributed by atoms with van der Waals surface area (Å²) < 4.78 is 19.7. The van der Waals surface area contributed by atoms with Crippen molar-refractivity contribution >= 4 is 5.97 Å². The second-order valence-electron chi connectivity index (χ2n) is 5.35. The van der Waals surface area contributed by atoms with Crippen LogP contribution >= 0.6 is 0 Å². The third kappa shape index (κ3) is 3.97. The second-order valence-corrected chi connectivity index (χ2v) is 5.35. The molecule has 0 spiro atoms. The summed E-state index contributed by atoms with van der Waals surface area (Å²) in [5.74, 6) is 3.95. The Kier molecular flexibility index (Phi) is 5.11. The molecule has 2 unspecified atom stereocenters. The molecule has 7 nitrogen and oxygen atoms in total. The molecule has 2 atom stereocenters. The van der Waals surface area contributed by atoms with E-state index in [0.29, 0.717) is 11.1 Å². The van der Waals surface area contributed by atoms with E-state index in [-0.39, 0.29) is 11.3 Å². The Morgan fingerprint density at radius 1 is 1.15 bits per heavy atom. The first kappa shape index (κ1) is 17.4. The smallest absolute Gasteiger partial charge is 0.327 e. The van der Waals surface area contributed by atoms with Gasteiger partial charge in [0.15, 0.2) is 12.3 Å². The summed E-state index contributed by atoms with van der Waals surface area (Å²) in [6.45, 7) is 0. The molecule has 0 saturated carbocycles. The van der Waals surface area contributed by atoms with Crippen LogP contribution in [-0.2, 0) is 4.79 Å². The van der Waals surface area contributed by atoms with Crippen LogP contribution in [-0.4, -0.2) is 23.3 Å². The first-order valence-electron chi connectivity index (χ1n) is 7.54. The molecular formula is C18H13FN4O3. The van der Waals surface area contributed by atoms with E-state index in [1.54, 1.807) is 24.3 Å². The van der Waals surface area contributed by atoms with Gasteiger partial charge in [0.1, 0.15) is 11.6 Å². The van der Waals surface area contributed by atoms with Gasteiger partial charge in [-0.05, 0) is 30.3 Å². The zero-order chi connectivity index (χ0) is 18.5. The fourth-order valence-corrected chi connectivity index (χ4v) is 2.26. The maximum Gasteiger partial charge on any atom is 0.327 e. The largest absolute Gasteiger partial charge is 0.480 e. The number of nitrogens with zero attached hydrogens (tertiary/aromatic N) is 1. The van der Waals surface area contributed by atoms with Crippen LogP contribution in [0.4, 0.5) is 4.39 Å². The lowest BCUT2D eigenvalue weighted by Crippen LogP contribution is -2.44. The maximum absolute atomic E-state index is 14.2. The summed E-state index contributed by atoms with van der Waals surface area (Å²) in [4.78, 5) is 11.1. The fourth-order valence-electron chi connectivity index (χ4n) is 2.26. The van der Waals surface area contributed by atoms with Crippen LogP contribution in [0.3, 0.4) is 0 Å². The molecule has 130 valence electrons. The minimum absolute atomic E-state index is 0.158. The molecule has 1 saturated heterocycles. The molecule has 2 aromatic carbocycles. The van der Waals surface area contributed by atoms with Gasteiger partial charge in [0.2, 0.25) is 0 Å². The topological polar surface area (TPSA) is 106 Å². The number of rotatable bonds is 3. The number of carbonyl (C=O) groups is 1. The van der Waals surface area contributed by atoms with Crippen LogP contribution in [0.1, 0.15) is 16.7 Å². The van der Waals surface area contributed by atoms with Gasteiger partial charge in [-0.2, -0.15) is 10.8 Å². The maximum atomic E-state index is 14.2. The number of hydrogen-bond donors (Lipinski definition) is 4. The van der Waals surface area contributed by atoms with E-state index in [4.69, 9.17) is 15.1 Å². The molecule has 0 aliphatic carbocycles. The van der Waals surface area contributed by atoms with Crippen molar-refractivity contribution in [2.45, 2.75) is 12.3 Å². The van der Waals surface area contributed by atoms with E-state index >= 15 is 0 Å². The van der Waals surface area contributed by atoms with E-state index in [1.807, 2.05) is 6.07 Å². The highest BCUT2D eigenvalue weighted by Crippen LogP contribution is 2.18. The third-order valence-electron chi connectivity index (χ3n) is 3.55. The molecule has 0 amide bonds. The molecule has 0 radical (unpaired) electrons. The van der Waals surface area contributed by atoms with Gasteiger partial charge in [-0.3, -0.25) is 4.79 Å². The van der Waals surface area contributed by atoms with Crippen LogP contribution < -0.4 is 21.1 Å². The average molecular weight is 352 g/mol. The molecular weight excluding hydrogens is 339 g/mol. The molecule has 0 bridgehead atoms. The highest BCUT2D eigenvalue weighted by Gasteiger charge is 2.34. The number of hydrogen-bond acceptors (Lipinski definition) is 6. The second kappa shape index (κ2) is 7.64. The van der Waals surface area contributed by atoms with Crippen molar-refractivity contribution in [3.05, 3.63) is 65.0 Å². The van der Waals surface area contributed by atoms with Crippen LogP contribution in [0.5, 0.6) is 5.75 Å². The number of aliphatic carboxylic acids is 1. The van der Waals surface area contributed by atoms with Gasteiger partial charge >= 0.3 is 5.97 Å². The van der Waals surface area contributed by atoms with Gasteiger partial charge in [0.25, 0.3) is 0 Å². The third-order valence-corrected chi connectivity index (χ3v) is 3.55. The average Bonchev–Trinajstić information content (AvgIpc) is 3.09. The van der Waals surface area contributed by atoms with Gasteiger partial charge < -0.3 is 9.84 Å². The Morgan fingerprint density at radius 3 is 2.69 bits per heavy atom. The first-order chi connectivity index (χ1) is 12.6. The predicted octanol–water partition coefficient (Wildman–Crippen LogP) is 0.868. The Labute approximate surface area is 148 Å². The van der Waals surface area contributed by atoms with Crippen molar-refractivity contribution in [2.75, 3.05) is 0 Å². The van der Waals surface area contributed by atoms with Crippen molar-refractivity contribution < 1.29 is 19.0 Å². The number of nitriles is 1. The minimum atomic E-state index is -1.12. The SMILES string of the molecule is N#Cc1cccc(C#Cc2ccc(OC3NNNC3C(=O)O)cc2F)c1. The Balaban J connectivity index is 1.75. The number of halogens is 1. The first-order valence-corrected chi connectivity index (χ1v) is 7.54. The van der Waals surface area contributed by atoms with Crippen LogP contribution in [0, 0.1) is 29.0 Å². The predicted molar refractivity (Wildman–Crippen MR) is 88.8 cm³/mol. The molecule has 1 fully saturated rings.